The number of rotatable bonds is 16. The molecule has 2 aromatic heterocycles. The summed E-state index contributed by atoms with van der Waals surface area (Å²) in [5.74, 6) is -1.14. The summed E-state index contributed by atoms with van der Waals surface area (Å²) in [5.41, 5.74) is 6.47. The number of carbonyl (C=O) groups is 3. The van der Waals surface area contributed by atoms with Crippen LogP contribution in [-0.4, -0.2) is 97.4 Å². The molecule has 0 aliphatic carbocycles. The molecule has 3 heterocycles. The van der Waals surface area contributed by atoms with Crippen LogP contribution in [0.15, 0.2) is 45.8 Å². The van der Waals surface area contributed by atoms with Crippen LogP contribution in [-0.2, 0) is 22.4 Å². The number of carbonyl (C=O) groups excluding carboxylic acids is 3. The topological polar surface area (TPSA) is 216 Å². The van der Waals surface area contributed by atoms with Crippen molar-refractivity contribution in [3.05, 3.63) is 79.8 Å². The number of morpholine rings is 1. The second kappa shape index (κ2) is 17.8. The second-order valence-electron chi connectivity index (χ2n) is 11.8. The van der Waals surface area contributed by atoms with Gasteiger partial charge in [-0.15, -0.1) is 0 Å². The SMILES string of the molecule is CCc1nc(C)oc1C(=O)/N=c1\sc2cc(C(=O)OC)cc(OC)c2n1C/C=C/CNc1c(OCCCN2CCOCC2)cc(C(N)=O)cc1[N+](=O)[O-]. The lowest BCUT2D eigenvalue weighted by Crippen LogP contribution is -2.37. The molecule has 53 heavy (non-hydrogen) atoms. The Bertz CT molecular complexity index is 2100. The summed E-state index contributed by atoms with van der Waals surface area (Å²) in [6, 6.07) is 5.68. The highest BCUT2D eigenvalue weighted by molar-refractivity contribution is 7.16. The van der Waals surface area contributed by atoms with E-state index in [0.717, 1.165) is 25.7 Å². The fourth-order valence-corrected chi connectivity index (χ4v) is 6.83. The summed E-state index contributed by atoms with van der Waals surface area (Å²) in [5, 5.41) is 15.2. The third-order valence-electron chi connectivity index (χ3n) is 8.31. The quantitative estimate of drug-likeness (QED) is 0.0547. The highest BCUT2D eigenvalue weighted by Gasteiger charge is 2.23. The molecule has 0 saturated carbocycles. The normalized spacial score (nSPS) is 13.8. The van der Waals surface area contributed by atoms with Gasteiger partial charge in [-0.1, -0.05) is 30.4 Å². The molecule has 5 rings (SSSR count). The maximum Gasteiger partial charge on any atom is 0.338 e. The van der Waals surface area contributed by atoms with Gasteiger partial charge in [0.1, 0.15) is 17.0 Å². The van der Waals surface area contributed by atoms with Gasteiger partial charge < -0.3 is 39.0 Å². The van der Waals surface area contributed by atoms with Crippen LogP contribution in [0.25, 0.3) is 10.2 Å². The number of aromatic nitrogens is 2. The number of anilines is 1. The number of nitrogens with one attached hydrogen (secondary N) is 1. The molecule has 18 heteroatoms. The Morgan fingerprint density at radius 3 is 2.57 bits per heavy atom. The molecular weight excluding hydrogens is 710 g/mol. The average Bonchev–Trinajstić information content (AvgIpc) is 3.71. The Balaban J connectivity index is 1.42. The van der Waals surface area contributed by atoms with E-state index in [2.05, 4.69) is 20.2 Å². The van der Waals surface area contributed by atoms with Crippen molar-refractivity contribution in [3.63, 3.8) is 0 Å². The highest BCUT2D eigenvalue weighted by Crippen LogP contribution is 2.36. The Morgan fingerprint density at radius 1 is 1.13 bits per heavy atom. The first-order chi connectivity index (χ1) is 25.5. The van der Waals surface area contributed by atoms with Gasteiger partial charge in [-0.3, -0.25) is 24.6 Å². The van der Waals surface area contributed by atoms with Gasteiger partial charge in [0.15, 0.2) is 16.4 Å². The lowest BCUT2D eigenvalue weighted by Gasteiger charge is -2.26. The fourth-order valence-electron chi connectivity index (χ4n) is 5.73. The molecular formula is C35H41N7O10S. The number of allylic oxidation sites excluding steroid dienone is 1. The van der Waals surface area contributed by atoms with Gasteiger partial charge in [-0.05, 0) is 31.0 Å². The molecule has 2 aromatic carbocycles. The van der Waals surface area contributed by atoms with Crippen LogP contribution < -0.4 is 25.3 Å². The van der Waals surface area contributed by atoms with Crippen molar-refractivity contribution in [1.82, 2.24) is 14.5 Å². The number of nitro groups is 1. The van der Waals surface area contributed by atoms with Gasteiger partial charge in [0.25, 0.3) is 5.69 Å². The summed E-state index contributed by atoms with van der Waals surface area (Å²) in [7, 11) is 2.74. The number of benzene rings is 2. The third kappa shape index (κ3) is 9.26. The molecule has 0 bridgehead atoms. The van der Waals surface area contributed by atoms with Crippen molar-refractivity contribution in [2.24, 2.45) is 10.7 Å². The van der Waals surface area contributed by atoms with Crippen LogP contribution in [0.3, 0.4) is 0 Å². The molecule has 1 aliphatic heterocycles. The second-order valence-corrected chi connectivity index (χ2v) is 12.8. The molecule has 17 nitrogen and oxygen atoms in total. The van der Waals surface area contributed by atoms with Crippen molar-refractivity contribution in [3.8, 4) is 11.5 Å². The number of fused-ring (bicyclic) bond motifs is 1. The zero-order valence-electron chi connectivity index (χ0n) is 29.8. The largest absolute Gasteiger partial charge is 0.494 e. The maximum absolute atomic E-state index is 13.4. The number of oxazole rings is 1. The molecule has 3 N–H and O–H groups in total. The molecule has 1 aliphatic rings. The molecule has 4 aromatic rings. The van der Waals surface area contributed by atoms with E-state index in [1.165, 1.54) is 31.6 Å². The Hall–Kier alpha value is -5.59. The highest BCUT2D eigenvalue weighted by atomic mass is 32.1. The van der Waals surface area contributed by atoms with E-state index >= 15 is 0 Å². The number of methoxy groups -OCH3 is 2. The van der Waals surface area contributed by atoms with E-state index in [4.69, 9.17) is 29.1 Å². The lowest BCUT2D eigenvalue weighted by molar-refractivity contribution is -0.384. The number of aryl methyl sites for hydroxylation is 2. The first-order valence-corrected chi connectivity index (χ1v) is 17.6. The van der Waals surface area contributed by atoms with Crippen molar-refractivity contribution in [2.45, 2.75) is 33.2 Å². The number of hydrogen-bond donors (Lipinski definition) is 2. The molecule has 2 amide bonds. The Kier molecular flexibility index (Phi) is 12.9. The third-order valence-corrected chi connectivity index (χ3v) is 9.33. The van der Waals surface area contributed by atoms with Gasteiger partial charge in [0, 0.05) is 51.3 Å². The Labute approximate surface area is 308 Å². The van der Waals surface area contributed by atoms with Crippen LogP contribution in [0.1, 0.15) is 56.2 Å². The number of esters is 1. The van der Waals surface area contributed by atoms with Crippen LogP contribution in [0.5, 0.6) is 11.5 Å². The monoisotopic (exact) mass is 751 g/mol. The number of hydrogen-bond acceptors (Lipinski definition) is 14. The van der Waals surface area contributed by atoms with E-state index in [0.29, 0.717) is 58.4 Å². The predicted octanol–water partition coefficient (Wildman–Crippen LogP) is 3.87. The summed E-state index contributed by atoms with van der Waals surface area (Å²) >= 11 is 1.17. The predicted molar refractivity (Wildman–Crippen MR) is 195 cm³/mol. The average molecular weight is 752 g/mol. The van der Waals surface area contributed by atoms with Crippen molar-refractivity contribution in [2.75, 3.05) is 65.5 Å². The molecule has 0 unspecified atom stereocenters. The van der Waals surface area contributed by atoms with Gasteiger partial charge in [-0.2, -0.15) is 4.99 Å². The van der Waals surface area contributed by atoms with Crippen LogP contribution in [0.4, 0.5) is 11.4 Å². The molecule has 0 spiro atoms. The minimum Gasteiger partial charge on any atom is -0.494 e. The molecule has 0 atom stereocenters. The van der Waals surface area contributed by atoms with Crippen molar-refractivity contribution in [1.29, 1.82) is 0 Å². The minimum atomic E-state index is -0.823. The maximum atomic E-state index is 13.4. The smallest absolute Gasteiger partial charge is 0.338 e. The van der Waals surface area contributed by atoms with E-state index in [1.807, 2.05) is 6.92 Å². The van der Waals surface area contributed by atoms with Gasteiger partial charge >= 0.3 is 11.9 Å². The first-order valence-electron chi connectivity index (χ1n) is 16.8. The molecule has 1 saturated heterocycles. The standard InChI is InChI=1S/C35H41N7O10S/c1-5-24-31(52-21(2)38-24)33(44)39-35-41(30-27(48-3)19-23(34(45)49-4)20-28(30)53-35)11-7-6-9-37-29-25(42(46)47)17-22(32(36)43)18-26(29)51-14-8-10-40-12-15-50-16-13-40/h6-7,17-20,37H,5,8-16H2,1-4H3,(H2,36,43)/b7-6+,39-35-. The van der Waals surface area contributed by atoms with Crippen LogP contribution >= 0.6 is 11.3 Å². The zero-order valence-corrected chi connectivity index (χ0v) is 30.7. The van der Waals surface area contributed by atoms with Crippen LogP contribution in [0, 0.1) is 17.0 Å². The number of thiazole rings is 1. The number of primary amides is 1. The lowest BCUT2D eigenvalue weighted by atomic mass is 10.1. The van der Waals surface area contributed by atoms with E-state index in [-0.39, 0.29) is 53.7 Å². The van der Waals surface area contributed by atoms with Crippen molar-refractivity contribution < 1.29 is 42.7 Å². The summed E-state index contributed by atoms with van der Waals surface area (Å²) in [4.78, 5) is 60.5. The summed E-state index contributed by atoms with van der Waals surface area (Å²) < 4.78 is 29.9. The minimum absolute atomic E-state index is 0.0408. The number of ether oxygens (including phenoxy) is 4. The number of nitrogens with zero attached hydrogens (tertiary/aromatic N) is 5. The summed E-state index contributed by atoms with van der Waals surface area (Å²) in [6.45, 7) is 7.78. The van der Waals surface area contributed by atoms with Gasteiger partial charge in [0.05, 0.1) is 54.9 Å². The van der Waals surface area contributed by atoms with E-state index in [1.54, 1.807) is 35.8 Å². The molecule has 0 radical (unpaired) electrons. The number of nitrogens with two attached hydrogens (primary N) is 1. The van der Waals surface area contributed by atoms with E-state index < -0.39 is 22.7 Å². The Morgan fingerprint density at radius 2 is 1.89 bits per heavy atom. The molecule has 282 valence electrons. The number of nitro benzene ring substituents is 1. The molecule has 1 fully saturated rings. The van der Waals surface area contributed by atoms with Gasteiger partial charge in [-0.25, -0.2) is 9.78 Å². The number of amides is 2. The zero-order chi connectivity index (χ0) is 38.1. The van der Waals surface area contributed by atoms with Crippen LogP contribution in [0.2, 0.25) is 0 Å². The first kappa shape index (κ1) is 38.6. The van der Waals surface area contributed by atoms with E-state index in [9.17, 15) is 24.5 Å². The van der Waals surface area contributed by atoms with Gasteiger partial charge in [0.2, 0.25) is 11.7 Å². The summed E-state index contributed by atoms with van der Waals surface area (Å²) in [6.07, 6.45) is 4.63. The van der Waals surface area contributed by atoms with Crippen molar-refractivity contribution >= 4 is 50.7 Å². The fraction of sp³-hybridized carbons (Fsp3) is 0.400.